The minimum absolute atomic E-state index is 0.227. The van der Waals surface area contributed by atoms with E-state index < -0.39 is 27.1 Å². The summed E-state index contributed by atoms with van der Waals surface area (Å²) in [5.41, 5.74) is 0. The van der Waals surface area contributed by atoms with E-state index in [4.69, 9.17) is 5.11 Å². The molecule has 0 saturated carbocycles. The lowest BCUT2D eigenvalue weighted by molar-refractivity contribution is -0.139. The van der Waals surface area contributed by atoms with Gasteiger partial charge in [0.2, 0.25) is 0 Å². The maximum Gasteiger partial charge on any atom is 0.321 e. The molecule has 0 amide bonds. The van der Waals surface area contributed by atoms with Gasteiger partial charge in [-0.25, -0.2) is 8.42 Å². The monoisotopic (exact) mass is 249 g/mol. The Labute approximate surface area is 96.1 Å². The first-order valence-corrected chi connectivity index (χ1v) is 7.34. The van der Waals surface area contributed by atoms with Crippen LogP contribution in [-0.2, 0) is 14.6 Å². The molecule has 2 N–H and O–H groups in total. The Kier molecular flexibility index (Phi) is 4.32. The van der Waals surface area contributed by atoms with E-state index in [2.05, 4.69) is 5.32 Å². The van der Waals surface area contributed by atoms with Gasteiger partial charge in [0.25, 0.3) is 0 Å². The molecule has 1 rings (SSSR count). The van der Waals surface area contributed by atoms with Gasteiger partial charge < -0.3 is 5.11 Å². The molecule has 0 radical (unpaired) electrons. The molecule has 1 aliphatic heterocycles. The SMILES string of the molecule is CCCC1NC(C(=O)O)CS(=O)(=O)C1CC. The summed E-state index contributed by atoms with van der Waals surface area (Å²) >= 11 is 0. The van der Waals surface area contributed by atoms with Crippen LogP contribution in [0.3, 0.4) is 0 Å². The first-order valence-electron chi connectivity index (χ1n) is 5.62. The van der Waals surface area contributed by atoms with Crippen LogP contribution in [0.5, 0.6) is 0 Å². The fourth-order valence-electron chi connectivity index (χ4n) is 2.28. The Balaban J connectivity index is 2.92. The summed E-state index contributed by atoms with van der Waals surface area (Å²) in [6, 6.07) is -1.18. The first kappa shape index (κ1) is 13.4. The summed E-state index contributed by atoms with van der Waals surface area (Å²) in [6.07, 6.45) is 2.07. The number of carboxylic acid groups (broad SMARTS) is 1. The highest BCUT2D eigenvalue weighted by atomic mass is 32.2. The topological polar surface area (TPSA) is 83.5 Å². The molecule has 3 unspecified atom stereocenters. The highest BCUT2D eigenvalue weighted by molar-refractivity contribution is 7.92. The molecule has 0 aliphatic carbocycles. The first-order chi connectivity index (χ1) is 7.42. The van der Waals surface area contributed by atoms with E-state index in [1.54, 1.807) is 0 Å². The van der Waals surface area contributed by atoms with Crippen molar-refractivity contribution in [1.29, 1.82) is 0 Å². The smallest absolute Gasteiger partial charge is 0.321 e. The van der Waals surface area contributed by atoms with Crippen molar-refractivity contribution in [3.05, 3.63) is 0 Å². The lowest BCUT2D eigenvalue weighted by Crippen LogP contribution is -2.59. The second kappa shape index (κ2) is 5.14. The van der Waals surface area contributed by atoms with Gasteiger partial charge in [-0.15, -0.1) is 0 Å². The van der Waals surface area contributed by atoms with Crippen molar-refractivity contribution in [2.75, 3.05) is 5.75 Å². The molecular formula is C10H19NO4S. The number of sulfone groups is 1. The molecule has 94 valence electrons. The third-order valence-corrected chi connectivity index (χ3v) is 5.41. The third-order valence-electron chi connectivity index (χ3n) is 3.02. The van der Waals surface area contributed by atoms with Gasteiger partial charge in [0.05, 0.1) is 11.0 Å². The number of rotatable bonds is 4. The van der Waals surface area contributed by atoms with Crippen LogP contribution in [0.15, 0.2) is 0 Å². The Morgan fingerprint density at radius 2 is 2.06 bits per heavy atom. The minimum Gasteiger partial charge on any atom is -0.480 e. The van der Waals surface area contributed by atoms with E-state index in [1.807, 2.05) is 13.8 Å². The number of nitrogens with one attached hydrogen (secondary N) is 1. The molecule has 0 aromatic carbocycles. The molecule has 1 heterocycles. The summed E-state index contributed by atoms with van der Waals surface area (Å²) in [5, 5.41) is 11.4. The fraction of sp³-hybridized carbons (Fsp3) is 0.900. The Morgan fingerprint density at radius 3 is 2.50 bits per heavy atom. The predicted octanol–water partition coefficient (Wildman–Crippen LogP) is 0.405. The van der Waals surface area contributed by atoms with E-state index in [0.29, 0.717) is 12.8 Å². The molecule has 0 aromatic rings. The Bertz CT molecular complexity index is 352. The zero-order valence-electron chi connectivity index (χ0n) is 9.64. The average molecular weight is 249 g/mol. The van der Waals surface area contributed by atoms with Gasteiger partial charge in [-0.1, -0.05) is 20.3 Å². The highest BCUT2D eigenvalue weighted by Gasteiger charge is 2.41. The molecule has 0 spiro atoms. The summed E-state index contributed by atoms with van der Waals surface area (Å²) < 4.78 is 23.8. The van der Waals surface area contributed by atoms with Gasteiger partial charge in [0, 0.05) is 6.04 Å². The van der Waals surface area contributed by atoms with Crippen LogP contribution in [-0.4, -0.2) is 42.6 Å². The Hall–Kier alpha value is -0.620. The van der Waals surface area contributed by atoms with Crippen molar-refractivity contribution in [1.82, 2.24) is 5.32 Å². The third kappa shape index (κ3) is 2.74. The van der Waals surface area contributed by atoms with Crippen LogP contribution in [0.25, 0.3) is 0 Å². The zero-order valence-corrected chi connectivity index (χ0v) is 10.5. The van der Waals surface area contributed by atoms with Crippen LogP contribution in [0.2, 0.25) is 0 Å². The van der Waals surface area contributed by atoms with Crippen molar-refractivity contribution < 1.29 is 18.3 Å². The summed E-state index contributed by atoms with van der Waals surface area (Å²) in [6.45, 7) is 3.79. The van der Waals surface area contributed by atoms with Gasteiger partial charge in [-0.05, 0) is 12.8 Å². The minimum atomic E-state index is -3.28. The average Bonchev–Trinajstić information content (AvgIpc) is 2.16. The number of hydrogen-bond donors (Lipinski definition) is 2. The molecule has 3 atom stereocenters. The number of carboxylic acids is 1. The summed E-state index contributed by atoms with van der Waals surface area (Å²) in [5.74, 6) is -1.37. The molecule has 6 heteroatoms. The lowest BCUT2D eigenvalue weighted by atomic mass is 10.0. The van der Waals surface area contributed by atoms with E-state index in [-0.39, 0.29) is 11.8 Å². The van der Waals surface area contributed by atoms with Crippen molar-refractivity contribution in [3.63, 3.8) is 0 Å². The quantitative estimate of drug-likeness (QED) is 0.753. The number of carbonyl (C=O) groups is 1. The lowest BCUT2D eigenvalue weighted by Gasteiger charge is -2.35. The number of aliphatic carboxylic acids is 1. The molecule has 1 fully saturated rings. The molecule has 1 aliphatic rings. The fourth-order valence-corrected chi connectivity index (χ4v) is 4.45. The van der Waals surface area contributed by atoms with Crippen molar-refractivity contribution >= 4 is 15.8 Å². The number of hydrogen-bond acceptors (Lipinski definition) is 4. The van der Waals surface area contributed by atoms with E-state index >= 15 is 0 Å². The van der Waals surface area contributed by atoms with Crippen LogP contribution >= 0.6 is 0 Å². The molecule has 0 aromatic heterocycles. The van der Waals surface area contributed by atoms with Crippen molar-refractivity contribution in [3.8, 4) is 0 Å². The molecule has 0 bridgehead atoms. The van der Waals surface area contributed by atoms with Gasteiger partial charge >= 0.3 is 5.97 Å². The van der Waals surface area contributed by atoms with E-state index in [9.17, 15) is 13.2 Å². The molecular weight excluding hydrogens is 230 g/mol. The maximum absolute atomic E-state index is 11.9. The highest BCUT2D eigenvalue weighted by Crippen LogP contribution is 2.21. The van der Waals surface area contributed by atoms with E-state index in [1.165, 1.54) is 0 Å². The van der Waals surface area contributed by atoms with Crippen molar-refractivity contribution in [2.45, 2.75) is 50.4 Å². The summed E-state index contributed by atoms with van der Waals surface area (Å²) in [4.78, 5) is 10.9. The van der Waals surface area contributed by atoms with Crippen LogP contribution < -0.4 is 5.32 Å². The predicted molar refractivity (Wildman–Crippen MR) is 61.1 cm³/mol. The maximum atomic E-state index is 11.9. The van der Waals surface area contributed by atoms with Crippen LogP contribution in [0.1, 0.15) is 33.1 Å². The molecule has 1 saturated heterocycles. The van der Waals surface area contributed by atoms with Crippen molar-refractivity contribution in [2.24, 2.45) is 0 Å². The second-order valence-electron chi connectivity index (χ2n) is 4.23. The molecule has 16 heavy (non-hydrogen) atoms. The van der Waals surface area contributed by atoms with Gasteiger partial charge in [-0.2, -0.15) is 0 Å². The largest absolute Gasteiger partial charge is 0.480 e. The zero-order chi connectivity index (χ0) is 12.3. The van der Waals surface area contributed by atoms with Gasteiger partial charge in [0.1, 0.15) is 6.04 Å². The normalized spacial score (nSPS) is 33.5. The van der Waals surface area contributed by atoms with Gasteiger partial charge in [-0.3, -0.25) is 10.1 Å². The standard InChI is InChI=1S/C10H19NO4S/c1-3-5-7-9(4-2)16(14,15)6-8(11-7)10(12)13/h7-9,11H,3-6H2,1-2H3,(H,12,13). The second-order valence-corrected chi connectivity index (χ2v) is 6.49. The molecule has 5 nitrogen and oxygen atoms in total. The Morgan fingerprint density at radius 1 is 1.44 bits per heavy atom. The van der Waals surface area contributed by atoms with Crippen LogP contribution in [0, 0.1) is 0 Å². The van der Waals surface area contributed by atoms with E-state index in [0.717, 1.165) is 6.42 Å². The summed E-state index contributed by atoms with van der Waals surface area (Å²) in [7, 11) is -3.28. The van der Waals surface area contributed by atoms with Gasteiger partial charge in [0.15, 0.2) is 9.84 Å². The van der Waals surface area contributed by atoms with Crippen LogP contribution in [0.4, 0.5) is 0 Å².